The van der Waals surface area contributed by atoms with Gasteiger partial charge in [-0.15, -0.1) is 0 Å². The third-order valence-corrected chi connectivity index (χ3v) is 3.75. The molecule has 3 N–H and O–H groups in total. The molecule has 130 valence electrons. The van der Waals surface area contributed by atoms with Crippen molar-refractivity contribution in [2.45, 2.75) is 18.6 Å². The molecule has 0 aromatic carbocycles. The van der Waals surface area contributed by atoms with E-state index in [1.807, 2.05) is 0 Å². The minimum Gasteiger partial charge on any atom is -0.480 e. The Morgan fingerprint density at radius 2 is 2.00 bits per heavy atom. The zero-order valence-electron chi connectivity index (χ0n) is 12.7. The van der Waals surface area contributed by atoms with Crippen LogP contribution in [-0.4, -0.2) is 31.5 Å². The number of nitrogens with two attached hydrogens (primary N) is 1. The predicted molar refractivity (Wildman–Crippen MR) is 82.7 cm³/mol. The van der Waals surface area contributed by atoms with E-state index in [1.165, 1.54) is 35.0 Å². The smallest absolute Gasteiger partial charge is 0.418 e. The van der Waals surface area contributed by atoms with Gasteiger partial charge in [-0.3, -0.25) is 9.78 Å². The first-order chi connectivity index (χ1) is 11.8. The fourth-order valence-electron chi connectivity index (χ4n) is 2.58. The SMILES string of the molecule is NC(Cc1ccc(-c2ncccc2C(F)(F)F)c2nccn12)C(=O)O. The van der Waals surface area contributed by atoms with Crippen LogP contribution in [0.15, 0.2) is 42.9 Å². The number of aromatic nitrogens is 3. The molecule has 0 saturated carbocycles. The van der Waals surface area contributed by atoms with E-state index in [0.717, 1.165) is 6.07 Å². The summed E-state index contributed by atoms with van der Waals surface area (Å²) in [5.41, 5.74) is 5.42. The van der Waals surface area contributed by atoms with Crippen LogP contribution in [0, 0.1) is 0 Å². The molecule has 0 radical (unpaired) electrons. The maximum absolute atomic E-state index is 13.3. The Morgan fingerprint density at radius 1 is 1.24 bits per heavy atom. The van der Waals surface area contributed by atoms with E-state index >= 15 is 0 Å². The Morgan fingerprint density at radius 3 is 2.68 bits per heavy atom. The molecule has 3 aromatic rings. The molecule has 25 heavy (non-hydrogen) atoms. The van der Waals surface area contributed by atoms with Crippen LogP contribution in [-0.2, 0) is 17.4 Å². The molecule has 3 rings (SSSR count). The number of carbonyl (C=O) groups is 1. The number of carboxylic acid groups (broad SMARTS) is 1. The second-order valence-corrected chi connectivity index (χ2v) is 5.41. The van der Waals surface area contributed by atoms with Crippen molar-refractivity contribution in [1.82, 2.24) is 14.4 Å². The Kier molecular flexibility index (Phi) is 4.17. The van der Waals surface area contributed by atoms with Gasteiger partial charge < -0.3 is 15.2 Å². The van der Waals surface area contributed by atoms with Gasteiger partial charge in [-0.2, -0.15) is 13.2 Å². The number of rotatable bonds is 4. The van der Waals surface area contributed by atoms with Gasteiger partial charge in [-0.05, 0) is 24.3 Å². The zero-order valence-corrected chi connectivity index (χ0v) is 12.7. The molecule has 3 aromatic heterocycles. The summed E-state index contributed by atoms with van der Waals surface area (Å²) in [5, 5.41) is 8.94. The van der Waals surface area contributed by atoms with Crippen molar-refractivity contribution in [1.29, 1.82) is 0 Å². The fraction of sp³-hybridized carbons (Fsp3) is 0.188. The fourth-order valence-corrected chi connectivity index (χ4v) is 2.58. The minimum absolute atomic E-state index is 0.0107. The van der Waals surface area contributed by atoms with Crippen molar-refractivity contribution >= 4 is 11.6 Å². The minimum atomic E-state index is -4.56. The lowest BCUT2D eigenvalue weighted by Gasteiger charge is -2.14. The van der Waals surface area contributed by atoms with Gasteiger partial charge in [0.1, 0.15) is 11.7 Å². The van der Waals surface area contributed by atoms with Gasteiger partial charge >= 0.3 is 12.1 Å². The Labute approximate surface area is 139 Å². The monoisotopic (exact) mass is 350 g/mol. The van der Waals surface area contributed by atoms with Crippen molar-refractivity contribution in [3.8, 4) is 11.3 Å². The van der Waals surface area contributed by atoms with Crippen LogP contribution >= 0.6 is 0 Å². The molecule has 0 fully saturated rings. The highest BCUT2D eigenvalue weighted by molar-refractivity contribution is 5.78. The number of imidazole rings is 1. The highest BCUT2D eigenvalue weighted by Gasteiger charge is 2.35. The van der Waals surface area contributed by atoms with E-state index in [-0.39, 0.29) is 23.3 Å². The van der Waals surface area contributed by atoms with Crippen LogP contribution in [0.2, 0.25) is 0 Å². The molecule has 0 spiro atoms. The molecule has 1 unspecified atom stereocenters. The molecule has 0 aliphatic carbocycles. The van der Waals surface area contributed by atoms with E-state index in [1.54, 1.807) is 6.20 Å². The Balaban J connectivity index is 2.15. The number of fused-ring (bicyclic) bond motifs is 1. The van der Waals surface area contributed by atoms with Gasteiger partial charge in [0.25, 0.3) is 0 Å². The van der Waals surface area contributed by atoms with Crippen molar-refractivity contribution in [2.24, 2.45) is 5.73 Å². The zero-order chi connectivity index (χ0) is 18.2. The van der Waals surface area contributed by atoms with Crippen LogP contribution < -0.4 is 5.73 Å². The standard InChI is InChI=1S/C16H13F3N4O2/c17-16(18,19)11-2-1-5-21-13(11)10-4-3-9(8-12(20)15(24)25)23-7-6-22-14(10)23/h1-7,12H,8,20H2,(H,24,25). The maximum atomic E-state index is 13.3. The topological polar surface area (TPSA) is 93.5 Å². The van der Waals surface area contributed by atoms with E-state index in [0.29, 0.717) is 5.69 Å². The molecule has 0 aliphatic heterocycles. The maximum Gasteiger partial charge on any atom is 0.418 e. The largest absolute Gasteiger partial charge is 0.480 e. The van der Waals surface area contributed by atoms with E-state index in [4.69, 9.17) is 10.8 Å². The van der Waals surface area contributed by atoms with Gasteiger partial charge in [-0.1, -0.05) is 0 Å². The lowest BCUT2D eigenvalue weighted by atomic mass is 10.0. The van der Waals surface area contributed by atoms with Gasteiger partial charge in [0.15, 0.2) is 0 Å². The lowest BCUT2D eigenvalue weighted by Crippen LogP contribution is -2.32. The van der Waals surface area contributed by atoms with Crippen LogP contribution in [0.3, 0.4) is 0 Å². The summed E-state index contributed by atoms with van der Waals surface area (Å²) >= 11 is 0. The molecular weight excluding hydrogens is 337 g/mol. The summed E-state index contributed by atoms with van der Waals surface area (Å²) in [5.74, 6) is -1.17. The molecule has 1 atom stereocenters. The van der Waals surface area contributed by atoms with E-state index in [2.05, 4.69) is 9.97 Å². The lowest BCUT2D eigenvalue weighted by molar-refractivity contribution is -0.139. The Bertz CT molecular complexity index is 937. The van der Waals surface area contributed by atoms with Crippen molar-refractivity contribution in [3.05, 3.63) is 54.1 Å². The van der Waals surface area contributed by atoms with Crippen LogP contribution in [0.4, 0.5) is 13.2 Å². The number of halogens is 3. The summed E-state index contributed by atoms with van der Waals surface area (Å²) in [6.45, 7) is 0. The molecule has 0 saturated heterocycles. The number of nitrogens with zero attached hydrogens (tertiary/aromatic N) is 3. The Hall–Kier alpha value is -2.94. The third-order valence-electron chi connectivity index (χ3n) is 3.75. The highest BCUT2D eigenvalue weighted by Crippen LogP contribution is 2.36. The van der Waals surface area contributed by atoms with E-state index in [9.17, 15) is 18.0 Å². The first-order valence-corrected chi connectivity index (χ1v) is 7.25. The van der Waals surface area contributed by atoms with Gasteiger partial charge in [0, 0.05) is 36.3 Å². The molecule has 0 amide bonds. The summed E-state index contributed by atoms with van der Waals surface area (Å²) in [6.07, 6.45) is -0.309. The predicted octanol–water partition coefficient (Wildman–Crippen LogP) is 2.37. The van der Waals surface area contributed by atoms with Gasteiger partial charge in [0.2, 0.25) is 0 Å². The summed E-state index contributed by atoms with van der Waals surface area (Å²) in [4.78, 5) is 18.9. The first kappa shape index (κ1) is 16.9. The average Bonchev–Trinajstić information content (AvgIpc) is 3.04. The molecule has 6 nitrogen and oxygen atoms in total. The average molecular weight is 350 g/mol. The third kappa shape index (κ3) is 3.18. The number of hydrogen-bond donors (Lipinski definition) is 2. The summed E-state index contributed by atoms with van der Waals surface area (Å²) in [6, 6.07) is 4.02. The van der Waals surface area contributed by atoms with E-state index < -0.39 is 23.8 Å². The number of carboxylic acids is 1. The van der Waals surface area contributed by atoms with Crippen molar-refractivity contribution in [3.63, 3.8) is 0 Å². The summed E-state index contributed by atoms with van der Waals surface area (Å²) in [7, 11) is 0. The molecule has 0 aliphatic rings. The van der Waals surface area contributed by atoms with Crippen LogP contribution in [0.5, 0.6) is 0 Å². The highest BCUT2D eigenvalue weighted by atomic mass is 19.4. The number of aliphatic carboxylic acids is 1. The first-order valence-electron chi connectivity index (χ1n) is 7.25. The molecule has 9 heteroatoms. The molecular formula is C16H13F3N4O2. The number of pyridine rings is 2. The second kappa shape index (κ2) is 6.17. The molecule has 3 heterocycles. The van der Waals surface area contributed by atoms with Crippen LogP contribution in [0.25, 0.3) is 16.9 Å². The van der Waals surface area contributed by atoms with Gasteiger partial charge in [-0.25, -0.2) is 4.98 Å². The van der Waals surface area contributed by atoms with Crippen molar-refractivity contribution in [2.75, 3.05) is 0 Å². The number of alkyl halides is 3. The van der Waals surface area contributed by atoms with Crippen LogP contribution in [0.1, 0.15) is 11.3 Å². The normalized spacial score (nSPS) is 13.1. The molecule has 0 bridgehead atoms. The quantitative estimate of drug-likeness (QED) is 0.753. The number of hydrogen-bond acceptors (Lipinski definition) is 4. The summed E-state index contributed by atoms with van der Waals surface area (Å²) < 4.78 is 41.3. The van der Waals surface area contributed by atoms with Gasteiger partial charge in [0.05, 0.1) is 11.3 Å². The van der Waals surface area contributed by atoms with Crippen molar-refractivity contribution < 1.29 is 23.1 Å². The second-order valence-electron chi connectivity index (χ2n) is 5.41.